The fraction of sp³-hybridized carbons (Fsp3) is 0.958. The van der Waals surface area contributed by atoms with Crippen molar-refractivity contribution < 1.29 is 28.7 Å². The number of ether oxygens (including phenoxy) is 2. The monoisotopic (exact) mass is 787 g/mol. The molecular weight excluding hydrogens is 701 g/mol. The van der Waals surface area contributed by atoms with Crippen LogP contribution in [0.3, 0.4) is 0 Å². The van der Waals surface area contributed by atoms with Crippen molar-refractivity contribution in [3.05, 3.63) is 0 Å². The lowest BCUT2D eigenvalue weighted by Crippen LogP contribution is -2.73. The second-order valence-electron chi connectivity index (χ2n) is 21.9. The van der Waals surface area contributed by atoms with Gasteiger partial charge in [-0.05, 0) is 74.7 Å². The van der Waals surface area contributed by atoms with Gasteiger partial charge in [-0.3, -0.25) is 19.3 Å². The lowest BCUT2D eigenvalue weighted by molar-refractivity contribution is -0.349. The highest BCUT2D eigenvalue weighted by Crippen LogP contribution is 2.61. The first-order chi connectivity index (χ1) is 26.3. The van der Waals surface area contributed by atoms with Crippen LogP contribution >= 0.6 is 0 Å². The highest BCUT2D eigenvalue weighted by Gasteiger charge is 2.70. The zero-order valence-corrected chi connectivity index (χ0v) is 38.1. The van der Waals surface area contributed by atoms with E-state index in [0.29, 0.717) is 64.6 Å². The highest BCUT2D eigenvalue weighted by atomic mass is 16.7. The summed E-state index contributed by atoms with van der Waals surface area (Å²) in [6, 6.07) is 0. The van der Waals surface area contributed by atoms with Crippen LogP contribution in [-0.2, 0) is 28.7 Å². The standard InChI is InChI=1S/C48H86N2O6/c1-11-13-15-17-19-21-23-25-27-29-53-49-41(3,4)33-47-36-43(49,7)35-44(8)37-48(40(52)32-46(10,56-48)38-45(9,55-47)31-39(47)51)34-42(5,6)50(44)54-30-28-26-24-22-20-18-16-14-12-2/h11-38H2,1-10H3. The Kier molecular flexibility index (Phi) is 15.2. The number of hydroxylamine groups is 4. The van der Waals surface area contributed by atoms with Gasteiger partial charge in [-0.1, -0.05) is 117 Å². The van der Waals surface area contributed by atoms with Gasteiger partial charge in [0, 0.05) is 67.1 Å². The third kappa shape index (κ3) is 10.5. The van der Waals surface area contributed by atoms with Gasteiger partial charge in [-0.2, -0.15) is 10.1 Å². The summed E-state index contributed by atoms with van der Waals surface area (Å²) in [5.41, 5.74) is -5.37. The maximum absolute atomic E-state index is 14.5. The predicted molar refractivity (Wildman–Crippen MR) is 226 cm³/mol. The summed E-state index contributed by atoms with van der Waals surface area (Å²) in [5.74, 6) is 0.374. The van der Waals surface area contributed by atoms with Crippen molar-refractivity contribution in [3.8, 4) is 0 Å². The molecule has 6 bridgehead atoms. The first-order valence-electron chi connectivity index (χ1n) is 23.6. The molecule has 5 heterocycles. The van der Waals surface area contributed by atoms with Crippen LogP contribution < -0.4 is 0 Å². The number of rotatable bonds is 22. The fourth-order valence-electron chi connectivity index (χ4n) is 13.0. The number of ketones is 2. The molecule has 0 radical (unpaired) electrons. The fourth-order valence-corrected chi connectivity index (χ4v) is 13.0. The highest BCUT2D eigenvalue weighted by molar-refractivity contribution is 5.92. The molecule has 0 N–H and O–H groups in total. The number of unbranched alkanes of at least 4 members (excludes halogenated alkanes) is 16. The lowest BCUT2D eigenvalue weighted by atomic mass is 9.62. The van der Waals surface area contributed by atoms with Crippen molar-refractivity contribution in [3.63, 3.8) is 0 Å². The smallest absolute Gasteiger partial charge is 0.167 e. The molecule has 324 valence electrons. The van der Waals surface area contributed by atoms with Crippen molar-refractivity contribution in [2.75, 3.05) is 13.2 Å². The van der Waals surface area contributed by atoms with Crippen LogP contribution in [0.5, 0.6) is 0 Å². The van der Waals surface area contributed by atoms with Crippen molar-refractivity contribution in [1.29, 1.82) is 0 Å². The predicted octanol–water partition coefficient (Wildman–Crippen LogP) is 11.9. The van der Waals surface area contributed by atoms with E-state index in [2.05, 4.69) is 79.4 Å². The van der Waals surface area contributed by atoms with Gasteiger partial charge in [-0.15, -0.1) is 0 Å². The average molecular weight is 787 g/mol. The SMILES string of the molecule is CCCCCCCCCCCON1C(C)(C)CC23CC1(C)CC1(C)CC4(CC(C)(C)N1OCCCCCCCCCCC)OC(C)(CC4=O)CC(C)(CC2=O)O3. The van der Waals surface area contributed by atoms with Gasteiger partial charge in [0.15, 0.2) is 11.6 Å². The van der Waals surface area contributed by atoms with E-state index in [1.807, 2.05) is 0 Å². The molecule has 5 fully saturated rings. The average Bonchev–Trinajstić information content (AvgIpc) is 3.43. The minimum absolute atomic E-state index is 0.187. The van der Waals surface area contributed by atoms with Gasteiger partial charge in [0.2, 0.25) is 0 Å². The molecule has 0 saturated carbocycles. The van der Waals surface area contributed by atoms with E-state index in [-0.39, 0.29) is 11.6 Å². The largest absolute Gasteiger partial charge is 0.360 e. The lowest BCUT2D eigenvalue weighted by Gasteiger charge is -2.63. The number of nitrogens with zero attached hydrogens (tertiary/aromatic N) is 2. The van der Waals surface area contributed by atoms with Crippen molar-refractivity contribution in [2.24, 2.45) is 0 Å². The number of carbonyl (C=O) groups is 2. The molecule has 56 heavy (non-hydrogen) atoms. The second-order valence-corrected chi connectivity index (χ2v) is 21.9. The van der Waals surface area contributed by atoms with Gasteiger partial charge in [-0.25, -0.2) is 0 Å². The Morgan fingerprint density at radius 3 is 1.11 bits per heavy atom. The third-order valence-corrected chi connectivity index (χ3v) is 14.3. The Morgan fingerprint density at radius 2 is 0.768 bits per heavy atom. The van der Waals surface area contributed by atoms with Crippen LogP contribution in [0.1, 0.15) is 236 Å². The van der Waals surface area contributed by atoms with Crippen molar-refractivity contribution >= 4 is 11.6 Å². The van der Waals surface area contributed by atoms with Crippen LogP contribution in [-0.4, -0.2) is 79.5 Å². The van der Waals surface area contributed by atoms with Crippen LogP contribution in [0, 0.1) is 0 Å². The molecule has 6 atom stereocenters. The Bertz CT molecular complexity index is 1220. The van der Waals surface area contributed by atoms with Gasteiger partial charge in [0.1, 0.15) is 11.2 Å². The molecule has 8 nitrogen and oxygen atoms in total. The first-order valence-corrected chi connectivity index (χ1v) is 23.6. The quantitative estimate of drug-likeness (QED) is 0.100. The second kappa shape index (κ2) is 18.4. The van der Waals surface area contributed by atoms with Gasteiger partial charge in [0.05, 0.1) is 24.4 Å². The molecule has 0 aromatic carbocycles. The number of hydrogen-bond acceptors (Lipinski definition) is 8. The molecule has 0 aromatic heterocycles. The summed E-state index contributed by atoms with van der Waals surface area (Å²) >= 11 is 0. The van der Waals surface area contributed by atoms with Crippen molar-refractivity contribution in [2.45, 2.75) is 281 Å². The van der Waals surface area contributed by atoms with E-state index in [9.17, 15) is 9.59 Å². The third-order valence-electron chi connectivity index (χ3n) is 14.3. The zero-order chi connectivity index (χ0) is 40.9. The number of carbonyl (C=O) groups excluding carboxylic acids is 2. The van der Waals surface area contributed by atoms with E-state index in [1.165, 1.54) is 89.9 Å². The van der Waals surface area contributed by atoms with Crippen molar-refractivity contribution in [1.82, 2.24) is 10.1 Å². The maximum atomic E-state index is 14.5. The van der Waals surface area contributed by atoms with Crippen LogP contribution in [0.25, 0.3) is 0 Å². The molecule has 0 aromatic rings. The number of piperidine rings is 2. The maximum Gasteiger partial charge on any atom is 0.167 e. The first kappa shape index (κ1) is 46.2. The molecule has 5 saturated heterocycles. The van der Waals surface area contributed by atoms with E-state index < -0.39 is 44.6 Å². The molecular formula is C48H86N2O6. The Labute approximate surface area is 343 Å². The number of fused-ring (bicyclic) bond motifs is 4. The molecule has 6 unspecified atom stereocenters. The zero-order valence-electron chi connectivity index (χ0n) is 38.1. The van der Waals surface area contributed by atoms with Gasteiger partial charge < -0.3 is 9.47 Å². The Balaban J connectivity index is 1.40. The summed E-state index contributed by atoms with van der Waals surface area (Å²) < 4.78 is 14.4. The van der Waals surface area contributed by atoms with E-state index in [0.717, 1.165) is 25.7 Å². The van der Waals surface area contributed by atoms with E-state index >= 15 is 0 Å². The molecule has 8 heteroatoms. The summed E-state index contributed by atoms with van der Waals surface area (Å²) in [7, 11) is 0. The normalized spacial score (nSPS) is 36.8. The van der Waals surface area contributed by atoms with Gasteiger partial charge >= 0.3 is 0 Å². The summed E-state index contributed by atoms with van der Waals surface area (Å²) in [6.07, 6.45) is 26.8. The van der Waals surface area contributed by atoms with E-state index in [1.54, 1.807) is 0 Å². The van der Waals surface area contributed by atoms with E-state index in [4.69, 9.17) is 19.1 Å². The summed E-state index contributed by atoms with van der Waals surface area (Å²) in [4.78, 5) is 43.0. The number of hydrogen-bond donors (Lipinski definition) is 0. The van der Waals surface area contributed by atoms with Crippen LogP contribution in [0.2, 0.25) is 0 Å². The summed E-state index contributed by atoms with van der Waals surface area (Å²) in [5, 5.41) is 4.54. The minimum Gasteiger partial charge on any atom is -0.360 e. The minimum atomic E-state index is -0.928. The topological polar surface area (TPSA) is 77.5 Å². The molecule has 5 aliphatic rings. The molecule has 0 aliphatic carbocycles. The molecule has 5 aliphatic heterocycles. The van der Waals surface area contributed by atoms with Crippen LogP contribution in [0.4, 0.5) is 0 Å². The Hall–Kier alpha value is -0.900. The molecule has 0 amide bonds. The van der Waals surface area contributed by atoms with Crippen LogP contribution in [0.15, 0.2) is 0 Å². The number of Topliss-reactive ketones (excluding diaryl/α,β-unsaturated/α-hetero) is 2. The Morgan fingerprint density at radius 1 is 0.446 bits per heavy atom. The molecule has 2 spiro atoms. The molecule has 5 rings (SSSR count). The van der Waals surface area contributed by atoms with Gasteiger partial charge in [0.25, 0.3) is 0 Å². The summed E-state index contributed by atoms with van der Waals surface area (Å²) in [6.45, 7) is 23.6.